The highest BCUT2D eigenvalue weighted by molar-refractivity contribution is 6.08. The molecule has 1 N–H and O–H groups in total. The Kier molecular flexibility index (Phi) is 6.72. The number of ether oxygens (including phenoxy) is 1. The van der Waals surface area contributed by atoms with Gasteiger partial charge in [0.25, 0.3) is 5.91 Å². The maximum absolute atomic E-state index is 13.0. The number of nitrogens with one attached hydrogen (secondary N) is 1. The molecule has 0 bridgehead atoms. The summed E-state index contributed by atoms with van der Waals surface area (Å²) in [6.07, 6.45) is -4.46. The molecule has 1 amide bonds. The van der Waals surface area contributed by atoms with E-state index in [0.29, 0.717) is 17.8 Å². The third-order valence-electron chi connectivity index (χ3n) is 5.12. The summed E-state index contributed by atoms with van der Waals surface area (Å²) in [7, 11) is 0. The molecule has 3 aromatic rings. The minimum absolute atomic E-state index is 0.181. The number of carbonyl (C=O) groups excluding carboxylic acids is 2. The number of alkyl halides is 3. The number of anilines is 1. The first-order valence-electron chi connectivity index (χ1n) is 10.0. The molecule has 3 rings (SSSR count). The lowest BCUT2D eigenvalue weighted by atomic mass is 10.1. The van der Waals surface area contributed by atoms with Crippen LogP contribution in [-0.2, 0) is 17.5 Å². The minimum Gasteiger partial charge on any atom is -0.461 e. The second-order valence-electron chi connectivity index (χ2n) is 7.26. The zero-order valence-corrected chi connectivity index (χ0v) is 17.9. The van der Waals surface area contributed by atoms with Gasteiger partial charge >= 0.3 is 12.1 Å². The van der Waals surface area contributed by atoms with Gasteiger partial charge in [0.15, 0.2) is 0 Å². The Hall–Kier alpha value is -3.55. The molecule has 0 radical (unpaired) electrons. The van der Waals surface area contributed by atoms with Crippen molar-refractivity contribution in [1.82, 2.24) is 4.57 Å². The zero-order valence-electron chi connectivity index (χ0n) is 17.9. The molecule has 0 unspecified atom stereocenters. The van der Waals surface area contributed by atoms with Gasteiger partial charge in [0.2, 0.25) is 0 Å². The molecule has 5 nitrogen and oxygen atoms in total. The average molecular weight is 444 g/mol. The fourth-order valence-electron chi connectivity index (χ4n) is 3.59. The van der Waals surface area contributed by atoms with Gasteiger partial charge in [-0.1, -0.05) is 30.3 Å². The Morgan fingerprint density at radius 1 is 1.00 bits per heavy atom. The minimum atomic E-state index is -4.46. The van der Waals surface area contributed by atoms with Crippen LogP contribution < -0.4 is 5.32 Å². The van der Waals surface area contributed by atoms with E-state index in [2.05, 4.69) is 5.32 Å². The average Bonchev–Trinajstić information content (AvgIpc) is 2.98. The lowest BCUT2D eigenvalue weighted by Crippen LogP contribution is -2.15. The van der Waals surface area contributed by atoms with E-state index in [9.17, 15) is 22.8 Å². The number of esters is 1. The highest BCUT2D eigenvalue weighted by Crippen LogP contribution is 2.30. The van der Waals surface area contributed by atoms with Crippen LogP contribution in [0.5, 0.6) is 0 Å². The van der Waals surface area contributed by atoms with E-state index < -0.39 is 23.6 Å². The molecular weight excluding hydrogens is 421 g/mol. The van der Waals surface area contributed by atoms with Gasteiger partial charge in [-0.15, -0.1) is 0 Å². The Bertz CT molecular complexity index is 1120. The summed E-state index contributed by atoms with van der Waals surface area (Å²) >= 11 is 0. The summed E-state index contributed by atoms with van der Waals surface area (Å²) in [5, 5.41) is 2.62. The highest BCUT2D eigenvalue weighted by Gasteiger charge is 2.30. The van der Waals surface area contributed by atoms with E-state index in [0.717, 1.165) is 17.7 Å². The van der Waals surface area contributed by atoms with Crippen LogP contribution in [-0.4, -0.2) is 23.1 Å². The first-order chi connectivity index (χ1) is 15.1. The normalized spacial score (nSPS) is 11.3. The van der Waals surface area contributed by atoms with Gasteiger partial charge < -0.3 is 14.6 Å². The van der Waals surface area contributed by atoms with Crippen molar-refractivity contribution in [2.75, 3.05) is 11.9 Å². The predicted molar refractivity (Wildman–Crippen MR) is 115 cm³/mol. The van der Waals surface area contributed by atoms with Crippen molar-refractivity contribution in [2.45, 2.75) is 33.5 Å². The van der Waals surface area contributed by atoms with Crippen LogP contribution in [0.15, 0.2) is 54.6 Å². The van der Waals surface area contributed by atoms with E-state index in [4.69, 9.17) is 4.74 Å². The van der Waals surface area contributed by atoms with Crippen LogP contribution >= 0.6 is 0 Å². The van der Waals surface area contributed by atoms with E-state index in [1.165, 1.54) is 12.1 Å². The van der Waals surface area contributed by atoms with Gasteiger partial charge in [-0.3, -0.25) is 4.79 Å². The maximum Gasteiger partial charge on any atom is 0.416 e. The number of hydrogen-bond donors (Lipinski definition) is 1. The number of hydrogen-bond acceptors (Lipinski definition) is 3. The molecule has 0 spiro atoms. The predicted octanol–water partition coefficient (Wildman–Crippen LogP) is 5.60. The number of rotatable bonds is 6. The lowest BCUT2D eigenvalue weighted by Gasteiger charge is -2.12. The number of amides is 1. The first-order valence-corrected chi connectivity index (χ1v) is 10.0. The molecule has 0 fully saturated rings. The third-order valence-corrected chi connectivity index (χ3v) is 5.12. The Morgan fingerprint density at radius 2 is 1.62 bits per heavy atom. The molecule has 0 saturated heterocycles. The fraction of sp³-hybridized carbons (Fsp3) is 0.250. The summed E-state index contributed by atoms with van der Waals surface area (Å²) in [6.45, 7) is 5.61. The topological polar surface area (TPSA) is 60.3 Å². The second kappa shape index (κ2) is 9.30. The van der Waals surface area contributed by atoms with Crippen LogP contribution in [0, 0.1) is 13.8 Å². The van der Waals surface area contributed by atoms with Gasteiger partial charge in [0, 0.05) is 17.9 Å². The van der Waals surface area contributed by atoms with Crippen molar-refractivity contribution in [1.29, 1.82) is 0 Å². The molecule has 8 heteroatoms. The largest absolute Gasteiger partial charge is 0.461 e. The molecule has 2 aromatic carbocycles. The van der Waals surface area contributed by atoms with E-state index in [1.807, 2.05) is 30.3 Å². The standard InChI is InChI=1S/C24H23F3N2O3/c1-4-32-23(31)21-15(2)20(16(3)29(21)14-17-8-6-5-7-9-17)22(30)28-19-12-10-18(11-13-19)24(25,26)27/h5-13H,4,14H2,1-3H3,(H,28,30). The summed E-state index contributed by atoms with van der Waals surface area (Å²) in [5.74, 6) is -1.06. The molecule has 0 aliphatic heterocycles. The first kappa shape index (κ1) is 23.1. The number of aromatic nitrogens is 1. The van der Waals surface area contributed by atoms with Gasteiger partial charge in [0.05, 0.1) is 17.7 Å². The molecule has 0 saturated carbocycles. The van der Waals surface area contributed by atoms with Gasteiger partial charge in [-0.25, -0.2) is 4.79 Å². The van der Waals surface area contributed by atoms with Crippen molar-refractivity contribution in [3.63, 3.8) is 0 Å². The SMILES string of the molecule is CCOC(=O)c1c(C)c(C(=O)Nc2ccc(C(F)(F)F)cc2)c(C)n1Cc1ccccc1. The van der Waals surface area contributed by atoms with Crippen molar-refractivity contribution in [3.05, 3.63) is 88.2 Å². The number of carbonyl (C=O) groups is 2. The molecule has 0 atom stereocenters. The van der Waals surface area contributed by atoms with Crippen LogP contribution in [0.3, 0.4) is 0 Å². The van der Waals surface area contributed by atoms with Crippen molar-refractivity contribution in [2.24, 2.45) is 0 Å². The van der Waals surface area contributed by atoms with Gasteiger partial charge in [-0.05, 0) is 56.2 Å². The molecule has 0 aliphatic carbocycles. The van der Waals surface area contributed by atoms with Crippen LogP contribution in [0.4, 0.5) is 18.9 Å². The summed E-state index contributed by atoms with van der Waals surface area (Å²) in [4.78, 5) is 25.7. The smallest absolute Gasteiger partial charge is 0.416 e. The van der Waals surface area contributed by atoms with Crippen molar-refractivity contribution < 1.29 is 27.5 Å². The lowest BCUT2D eigenvalue weighted by molar-refractivity contribution is -0.137. The summed E-state index contributed by atoms with van der Waals surface area (Å²) in [5.41, 5.74) is 1.90. The fourth-order valence-corrected chi connectivity index (χ4v) is 3.59. The summed E-state index contributed by atoms with van der Waals surface area (Å²) < 4.78 is 45.3. The zero-order chi connectivity index (χ0) is 23.5. The monoisotopic (exact) mass is 444 g/mol. The third kappa shape index (κ3) is 4.85. The molecule has 32 heavy (non-hydrogen) atoms. The Balaban J connectivity index is 1.97. The van der Waals surface area contributed by atoms with E-state index in [1.54, 1.807) is 25.3 Å². The van der Waals surface area contributed by atoms with Crippen LogP contribution in [0.1, 0.15) is 50.2 Å². The highest BCUT2D eigenvalue weighted by atomic mass is 19.4. The van der Waals surface area contributed by atoms with Crippen LogP contribution in [0.25, 0.3) is 0 Å². The molecular formula is C24H23F3N2O3. The van der Waals surface area contributed by atoms with Crippen LogP contribution in [0.2, 0.25) is 0 Å². The van der Waals surface area contributed by atoms with Crippen molar-refractivity contribution >= 4 is 17.6 Å². The quantitative estimate of drug-likeness (QED) is 0.504. The van der Waals surface area contributed by atoms with E-state index in [-0.39, 0.29) is 23.6 Å². The molecule has 1 heterocycles. The van der Waals surface area contributed by atoms with Gasteiger partial charge in [-0.2, -0.15) is 13.2 Å². The Labute approximate surface area is 183 Å². The molecule has 1 aromatic heterocycles. The number of halogens is 3. The van der Waals surface area contributed by atoms with E-state index >= 15 is 0 Å². The Morgan fingerprint density at radius 3 is 2.19 bits per heavy atom. The second-order valence-corrected chi connectivity index (χ2v) is 7.26. The maximum atomic E-state index is 13.0. The molecule has 0 aliphatic rings. The number of nitrogens with zero attached hydrogens (tertiary/aromatic N) is 1. The van der Waals surface area contributed by atoms with Crippen molar-refractivity contribution in [3.8, 4) is 0 Å². The molecule has 168 valence electrons. The summed E-state index contributed by atoms with van der Waals surface area (Å²) in [6, 6.07) is 13.6. The number of benzene rings is 2. The van der Waals surface area contributed by atoms with Gasteiger partial charge in [0.1, 0.15) is 5.69 Å².